The van der Waals surface area contributed by atoms with Gasteiger partial charge in [0.1, 0.15) is 12.8 Å². The summed E-state index contributed by atoms with van der Waals surface area (Å²) < 4.78 is 13.0. The molecule has 10 heavy (non-hydrogen) atoms. The first-order chi connectivity index (χ1) is 4.83. The van der Waals surface area contributed by atoms with Gasteiger partial charge in [-0.15, -0.1) is 5.10 Å². The van der Waals surface area contributed by atoms with Crippen LogP contribution < -0.4 is 0 Å². The molecule has 0 saturated heterocycles. The van der Waals surface area contributed by atoms with E-state index < -0.39 is 12.8 Å². The molecule has 1 unspecified atom stereocenters. The molecule has 0 saturated carbocycles. The van der Waals surface area contributed by atoms with Gasteiger partial charge in [0.15, 0.2) is 0 Å². The van der Waals surface area contributed by atoms with E-state index in [0.717, 1.165) is 0 Å². The van der Waals surface area contributed by atoms with Gasteiger partial charge in [-0.2, -0.15) is 0 Å². The number of halogens is 1. The number of nitrogens with zero attached hydrogens (tertiary/aromatic N) is 3. The Labute approximate surface area is 57.3 Å². The van der Waals surface area contributed by atoms with Crippen molar-refractivity contribution in [3.05, 3.63) is 12.4 Å². The van der Waals surface area contributed by atoms with Crippen molar-refractivity contribution in [2.45, 2.75) is 12.6 Å². The summed E-state index contributed by atoms with van der Waals surface area (Å²) in [5.74, 6) is 0. The SMILES string of the molecule is OC(CF)Cn1ccnn1. The van der Waals surface area contributed by atoms with Crippen molar-refractivity contribution in [2.75, 3.05) is 6.67 Å². The van der Waals surface area contributed by atoms with Crippen LogP contribution in [0.3, 0.4) is 0 Å². The van der Waals surface area contributed by atoms with Gasteiger partial charge in [-0.25, -0.2) is 9.07 Å². The fourth-order valence-electron chi connectivity index (χ4n) is 0.595. The number of alkyl halides is 1. The summed E-state index contributed by atoms with van der Waals surface area (Å²) in [6, 6.07) is 0. The first kappa shape index (κ1) is 7.14. The van der Waals surface area contributed by atoms with Crippen molar-refractivity contribution in [1.29, 1.82) is 0 Å². The second-order valence-corrected chi connectivity index (χ2v) is 1.93. The van der Waals surface area contributed by atoms with E-state index in [-0.39, 0.29) is 6.54 Å². The molecular formula is C5H8FN3O. The minimum absolute atomic E-state index is 0.163. The van der Waals surface area contributed by atoms with Crippen LogP contribution in [0.1, 0.15) is 0 Å². The maximum Gasteiger partial charge on any atom is 0.117 e. The Morgan fingerprint density at radius 3 is 3.00 bits per heavy atom. The van der Waals surface area contributed by atoms with E-state index in [4.69, 9.17) is 5.11 Å². The molecule has 0 aliphatic carbocycles. The van der Waals surface area contributed by atoms with Crippen molar-refractivity contribution >= 4 is 0 Å². The summed E-state index contributed by atoms with van der Waals surface area (Å²) in [4.78, 5) is 0. The summed E-state index contributed by atoms with van der Waals surface area (Å²) >= 11 is 0. The Kier molecular flexibility index (Phi) is 2.33. The molecule has 0 aliphatic heterocycles. The predicted octanol–water partition coefficient (Wildman–Crippen LogP) is -0.392. The van der Waals surface area contributed by atoms with Crippen LogP contribution in [0.25, 0.3) is 0 Å². The Balaban J connectivity index is 2.40. The molecule has 0 aromatic carbocycles. The van der Waals surface area contributed by atoms with E-state index in [2.05, 4.69) is 10.3 Å². The van der Waals surface area contributed by atoms with Gasteiger partial charge >= 0.3 is 0 Å². The zero-order chi connectivity index (χ0) is 7.40. The van der Waals surface area contributed by atoms with Gasteiger partial charge in [-0.1, -0.05) is 5.21 Å². The monoisotopic (exact) mass is 145 g/mol. The molecule has 0 radical (unpaired) electrons. The third kappa shape index (κ3) is 1.77. The number of hydrogen-bond donors (Lipinski definition) is 1. The van der Waals surface area contributed by atoms with Gasteiger partial charge in [-0.05, 0) is 0 Å². The van der Waals surface area contributed by atoms with Crippen LogP contribution in [0.4, 0.5) is 4.39 Å². The van der Waals surface area contributed by atoms with Crippen LogP contribution in [0.15, 0.2) is 12.4 Å². The molecule has 1 aromatic rings. The number of aliphatic hydroxyl groups excluding tert-OH is 1. The Bertz CT molecular complexity index is 177. The summed E-state index contributed by atoms with van der Waals surface area (Å²) in [5.41, 5.74) is 0. The maximum absolute atomic E-state index is 11.7. The fourth-order valence-corrected chi connectivity index (χ4v) is 0.595. The predicted molar refractivity (Wildman–Crippen MR) is 32.0 cm³/mol. The molecule has 1 rings (SSSR count). The summed E-state index contributed by atoms with van der Waals surface area (Å²) in [6.45, 7) is -0.587. The standard InChI is InChI=1S/C5H8FN3O/c6-3-5(10)4-9-2-1-7-8-9/h1-2,5,10H,3-4H2. The lowest BCUT2D eigenvalue weighted by molar-refractivity contribution is 0.117. The zero-order valence-electron chi connectivity index (χ0n) is 5.31. The van der Waals surface area contributed by atoms with Crippen LogP contribution in [-0.4, -0.2) is 32.9 Å². The molecule has 0 fully saturated rings. The molecule has 0 bridgehead atoms. The van der Waals surface area contributed by atoms with E-state index >= 15 is 0 Å². The lowest BCUT2D eigenvalue weighted by atomic mass is 10.4. The Morgan fingerprint density at radius 2 is 2.50 bits per heavy atom. The second-order valence-electron chi connectivity index (χ2n) is 1.93. The fraction of sp³-hybridized carbons (Fsp3) is 0.600. The number of aliphatic hydroxyl groups is 1. The molecule has 1 atom stereocenters. The second kappa shape index (κ2) is 3.26. The van der Waals surface area contributed by atoms with Crippen molar-refractivity contribution in [3.8, 4) is 0 Å². The molecule has 1 aromatic heterocycles. The van der Waals surface area contributed by atoms with Gasteiger partial charge in [0, 0.05) is 6.20 Å². The van der Waals surface area contributed by atoms with Gasteiger partial charge in [0.2, 0.25) is 0 Å². The van der Waals surface area contributed by atoms with Crippen molar-refractivity contribution < 1.29 is 9.50 Å². The van der Waals surface area contributed by atoms with E-state index in [1.807, 2.05) is 0 Å². The van der Waals surface area contributed by atoms with Gasteiger partial charge < -0.3 is 5.11 Å². The highest BCUT2D eigenvalue weighted by Crippen LogP contribution is 1.89. The lowest BCUT2D eigenvalue weighted by Gasteiger charge is -2.03. The van der Waals surface area contributed by atoms with Crippen molar-refractivity contribution in [1.82, 2.24) is 15.0 Å². The minimum Gasteiger partial charge on any atom is -0.388 e. The summed E-state index contributed by atoms with van der Waals surface area (Å²) in [5, 5.41) is 15.8. The molecular weight excluding hydrogens is 137 g/mol. The summed E-state index contributed by atoms with van der Waals surface area (Å²) in [6.07, 6.45) is 2.07. The van der Waals surface area contributed by atoms with Crippen LogP contribution in [0, 0.1) is 0 Å². The quantitative estimate of drug-likeness (QED) is 0.630. The third-order valence-electron chi connectivity index (χ3n) is 1.05. The smallest absolute Gasteiger partial charge is 0.117 e. The van der Waals surface area contributed by atoms with Crippen LogP contribution >= 0.6 is 0 Å². The Morgan fingerprint density at radius 1 is 1.70 bits per heavy atom. The molecule has 0 spiro atoms. The molecule has 1 N–H and O–H groups in total. The van der Waals surface area contributed by atoms with Gasteiger partial charge in [0.05, 0.1) is 12.7 Å². The average molecular weight is 145 g/mol. The van der Waals surface area contributed by atoms with E-state index in [1.54, 1.807) is 6.20 Å². The lowest BCUT2D eigenvalue weighted by Crippen LogP contribution is -2.18. The number of rotatable bonds is 3. The van der Waals surface area contributed by atoms with Gasteiger partial charge in [-0.3, -0.25) is 0 Å². The molecule has 1 heterocycles. The van der Waals surface area contributed by atoms with Crippen LogP contribution in [0.2, 0.25) is 0 Å². The van der Waals surface area contributed by atoms with E-state index in [1.165, 1.54) is 10.9 Å². The third-order valence-corrected chi connectivity index (χ3v) is 1.05. The first-order valence-corrected chi connectivity index (χ1v) is 2.91. The number of aromatic nitrogens is 3. The van der Waals surface area contributed by atoms with Crippen molar-refractivity contribution in [2.24, 2.45) is 0 Å². The topological polar surface area (TPSA) is 50.9 Å². The zero-order valence-corrected chi connectivity index (χ0v) is 5.31. The molecule has 0 aliphatic rings. The van der Waals surface area contributed by atoms with Crippen LogP contribution in [0.5, 0.6) is 0 Å². The highest BCUT2D eigenvalue weighted by atomic mass is 19.1. The first-order valence-electron chi connectivity index (χ1n) is 2.91. The van der Waals surface area contributed by atoms with Gasteiger partial charge in [0.25, 0.3) is 0 Å². The molecule has 4 nitrogen and oxygen atoms in total. The number of hydrogen-bond acceptors (Lipinski definition) is 3. The minimum atomic E-state index is -0.971. The van der Waals surface area contributed by atoms with E-state index in [9.17, 15) is 4.39 Å². The van der Waals surface area contributed by atoms with Crippen LogP contribution in [-0.2, 0) is 6.54 Å². The summed E-state index contributed by atoms with van der Waals surface area (Å²) in [7, 11) is 0. The van der Waals surface area contributed by atoms with Crippen molar-refractivity contribution in [3.63, 3.8) is 0 Å². The molecule has 0 amide bonds. The highest BCUT2D eigenvalue weighted by molar-refractivity contribution is 4.65. The van der Waals surface area contributed by atoms with E-state index in [0.29, 0.717) is 0 Å². The largest absolute Gasteiger partial charge is 0.388 e. The normalized spacial score (nSPS) is 13.4. The maximum atomic E-state index is 11.7. The average Bonchev–Trinajstić information content (AvgIpc) is 2.40. The highest BCUT2D eigenvalue weighted by Gasteiger charge is 2.02. The Hall–Kier alpha value is -0.970. The molecule has 5 heteroatoms. The molecule has 56 valence electrons.